The number of amides is 2. The molecule has 2 N–H and O–H groups in total. The van der Waals surface area contributed by atoms with E-state index in [1.165, 1.54) is 4.90 Å². The molecule has 0 saturated carbocycles. The Kier molecular flexibility index (Phi) is 6.24. The van der Waals surface area contributed by atoms with Crippen molar-refractivity contribution in [3.63, 3.8) is 0 Å². The van der Waals surface area contributed by atoms with E-state index in [0.717, 1.165) is 0 Å². The molecule has 0 aliphatic rings. The van der Waals surface area contributed by atoms with Gasteiger partial charge in [0.1, 0.15) is 0 Å². The molecule has 2 amide bonds. The fourth-order valence-corrected chi connectivity index (χ4v) is 2.10. The predicted molar refractivity (Wildman–Crippen MR) is 82.4 cm³/mol. The minimum Gasteiger partial charge on any atom is -0.479 e. The van der Waals surface area contributed by atoms with Gasteiger partial charge < -0.3 is 15.3 Å². The van der Waals surface area contributed by atoms with Crippen LogP contribution in [-0.4, -0.2) is 34.6 Å². The quantitative estimate of drug-likeness (QED) is 0.793. The molecule has 5 nitrogen and oxygen atoms in total. The average molecular weight is 311 g/mol. The van der Waals surface area contributed by atoms with Gasteiger partial charge in [-0.1, -0.05) is 35.9 Å². The monoisotopic (exact) mass is 310 g/mol. The Labute approximate surface area is 129 Å². The van der Waals surface area contributed by atoms with Gasteiger partial charge in [0.2, 0.25) is 0 Å². The maximum atomic E-state index is 12.2. The van der Waals surface area contributed by atoms with E-state index in [0.29, 0.717) is 17.1 Å². The molecule has 1 aromatic rings. The van der Waals surface area contributed by atoms with Crippen molar-refractivity contribution in [2.45, 2.75) is 25.9 Å². The third kappa shape index (κ3) is 4.49. The van der Waals surface area contributed by atoms with Crippen LogP contribution in [0.2, 0.25) is 5.02 Å². The summed E-state index contributed by atoms with van der Waals surface area (Å²) in [5, 5.41) is 12.1. The Morgan fingerprint density at radius 2 is 2.05 bits per heavy atom. The summed E-state index contributed by atoms with van der Waals surface area (Å²) >= 11 is 6.01. The van der Waals surface area contributed by atoms with Crippen LogP contribution in [-0.2, 0) is 4.79 Å². The SMILES string of the molecule is C=CCN(C(=O)N[C@@H](C(=O)O)c1ccccc1Cl)C(C)C. The van der Waals surface area contributed by atoms with E-state index in [1.807, 2.05) is 13.8 Å². The summed E-state index contributed by atoms with van der Waals surface area (Å²) in [4.78, 5) is 25.1. The van der Waals surface area contributed by atoms with E-state index in [1.54, 1.807) is 30.3 Å². The normalized spacial score (nSPS) is 11.8. The van der Waals surface area contributed by atoms with Gasteiger partial charge in [0, 0.05) is 23.2 Å². The number of hydrogen-bond donors (Lipinski definition) is 2. The highest BCUT2D eigenvalue weighted by Gasteiger charge is 2.26. The van der Waals surface area contributed by atoms with E-state index in [9.17, 15) is 14.7 Å². The Hall–Kier alpha value is -2.01. The summed E-state index contributed by atoms with van der Waals surface area (Å²) < 4.78 is 0. The van der Waals surface area contributed by atoms with Crippen LogP contribution in [0.4, 0.5) is 4.79 Å². The number of carboxylic acid groups (broad SMARTS) is 1. The zero-order valence-electron chi connectivity index (χ0n) is 12.0. The van der Waals surface area contributed by atoms with Crippen molar-refractivity contribution in [3.8, 4) is 0 Å². The number of carbonyl (C=O) groups is 2. The molecule has 0 bridgehead atoms. The summed E-state index contributed by atoms with van der Waals surface area (Å²) in [6, 6.07) is 4.79. The minimum absolute atomic E-state index is 0.0799. The first-order chi connectivity index (χ1) is 9.88. The van der Waals surface area contributed by atoms with Crippen molar-refractivity contribution in [2.75, 3.05) is 6.54 Å². The molecule has 1 rings (SSSR count). The molecule has 6 heteroatoms. The highest BCUT2D eigenvalue weighted by molar-refractivity contribution is 6.31. The number of nitrogens with one attached hydrogen (secondary N) is 1. The van der Waals surface area contributed by atoms with Crippen molar-refractivity contribution < 1.29 is 14.7 Å². The van der Waals surface area contributed by atoms with Gasteiger partial charge in [0.25, 0.3) is 0 Å². The van der Waals surface area contributed by atoms with Crippen molar-refractivity contribution in [1.82, 2.24) is 10.2 Å². The Morgan fingerprint density at radius 1 is 1.43 bits per heavy atom. The molecule has 0 fully saturated rings. The summed E-state index contributed by atoms with van der Waals surface area (Å²) in [7, 11) is 0. The summed E-state index contributed by atoms with van der Waals surface area (Å²) in [5.74, 6) is -1.17. The fraction of sp³-hybridized carbons (Fsp3) is 0.333. The lowest BCUT2D eigenvalue weighted by Crippen LogP contribution is -2.46. The highest BCUT2D eigenvalue weighted by Crippen LogP contribution is 2.23. The maximum absolute atomic E-state index is 12.2. The lowest BCUT2D eigenvalue weighted by molar-refractivity contribution is -0.139. The van der Waals surface area contributed by atoms with Crippen molar-refractivity contribution in [3.05, 3.63) is 47.5 Å². The van der Waals surface area contributed by atoms with Gasteiger partial charge in [-0.2, -0.15) is 0 Å². The molecule has 114 valence electrons. The molecule has 1 aromatic carbocycles. The molecule has 0 aliphatic carbocycles. The fourth-order valence-electron chi connectivity index (χ4n) is 1.86. The van der Waals surface area contributed by atoms with Gasteiger partial charge in [-0.05, 0) is 19.9 Å². The van der Waals surface area contributed by atoms with Gasteiger partial charge in [0.05, 0.1) is 0 Å². The zero-order chi connectivity index (χ0) is 16.0. The number of hydrogen-bond acceptors (Lipinski definition) is 2. The second-order valence-corrected chi connectivity index (χ2v) is 5.18. The van der Waals surface area contributed by atoms with Crippen LogP contribution in [0.15, 0.2) is 36.9 Å². The molecule has 0 aliphatic heterocycles. The number of halogens is 1. The Balaban J connectivity index is 2.99. The smallest absolute Gasteiger partial charge is 0.331 e. The third-order valence-corrected chi connectivity index (χ3v) is 3.29. The van der Waals surface area contributed by atoms with Crippen LogP contribution in [0, 0.1) is 0 Å². The van der Waals surface area contributed by atoms with E-state index in [4.69, 9.17) is 11.6 Å². The minimum atomic E-state index is -1.20. The largest absolute Gasteiger partial charge is 0.479 e. The number of carbonyl (C=O) groups excluding carboxylic acids is 1. The first kappa shape index (κ1) is 17.0. The summed E-state index contributed by atoms with van der Waals surface area (Å²) in [6.45, 7) is 7.61. The second-order valence-electron chi connectivity index (χ2n) is 4.78. The molecule has 0 unspecified atom stereocenters. The number of benzene rings is 1. The molecular formula is C15H19ClN2O3. The molecule has 0 heterocycles. The van der Waals surface area contributed by atoms with Gasteiger partial charge >= 0.3 is 12.0 Å². The lowest BCUT2D eigenvalue weighted by Gasteiger charge is -2.27. The average Bonchev–Trinajstić information content (AvgIpc) is 2.42. The zero-order valence-corrected chi connectivity index (χ0v) is 12.8. The van der Waals surface area contributed by atoms with Gasteiger partial charge in [0.15, 0.2) is 6.04 Å². The van der Waals surface area contributed by atoms with Gasteiger partial charge in [-0.3, -0.25) is 0 Å². The molecule has 0 spiro atoms. The molecular weight excluding hydrogens is 292 g/mol. The van der Waals surface area contributed by atoms with Crippen LogP contribution in [0.1, 0.15) is 25.5 Å². The number of nitrogens with zero attached hydrogens (tertiary/aromatic N) is 1. The van der Waals surface area contributed by atoms with Crippen LogP contribution >= 0.6 is 11.6 Å². The van der Waals surface area contributed by atoms with Crippen LogP contribution < -0.4 is 5.32 Å². The summed E-state index contributed by atoms with van der Waals surface area (Å²) in [6.07, 6.45) is 1.59. The van der Waals surface area contributed by atoms with Crippen LogP contribution in [0.25, 0.3) is 0 Å². The van der Waals surface area contributed by atoms with Crippen molar-refractivity contribution in [2.24, 2.45) is 0 Å². The number of urea groups is 1. The van der Waals surface area contributed by atoms with Crippen molar-refractivity contribution in [1.29, 1.82) is 0 Å². The van der Waals surface area contributed by atoms with Gasteiger partial charge in [-0.25, -0.2) is 9.59 Å². The molecule has 0 saturated heterocycles. The van der Waals surface area contributed by atoms with Crippen LogP contribution in [0.3, 0.4) is 0 Å². The van der Waals surface area contributed by atoms with Crippen LogP contribution in [0.5, 0.6) is 0 Å². The van der Waals surface area contributed by atoms with Gasteiger partial charge in [-0.15, -0.1) is 6.58 Å². The molecule has 1 atom stereocenters. The molecule has 0 radical (unpaired) electrons. The van der Waals surface area contributed by atoms with E-state index in [2.05, 4.69) is 11.9 Å². The predicted octanol–water partition coefficient (Wildman–Crippen LogP) is 3.07. The Morgan fingerprint density at radius 3 is 2.52 bits per heavy atom. The maximum Gasteiger partial charge on any atom is 0.331 e. The van der Waals surface area contributed by atoms with Crippen molar-refractivity contribution >= 4 is 23.6 Å². The second kappa shape index (κ2) is 7.69. The standard InChI is InChI=1S/C15H19ClN2O3/c1-4-9-18(10(2)3)15(21)17-13(14(19)20)11-7-5-6-8-12(11)16/h4-8,10,13H,1,9H2,2-3H3,(H,17,21)(H,19,20)/t13-/m1/s1. The number of aliphatic carboxylic acids is 1. The lowest BCUT2D eigenvalue weighted by atomic mass is 10.1. The van der Waals surface area contributed by atoms with E-state index < -0.39 is 18.0 Å². The summed E-state index contributed by atoms with van der Waals surface area (Å²) in [5.41, 5.74) is 0.349. The topological polar surface area (TPSA) is 69.6 Å². The molecule has 21 heavy (non-hydrogen) atoms. The first-order valence-corrected chi connectivity index (χ1v) is 6.91. The third-order valence-electron chi connectivity index (χ3n) is 2.94. The molecule has 0 aromatic heterocycles. The highest BCUT2D eigenvalue weighted by atomic mass is 35.5. The number of carboxylic acids is 1. The van der Waals surface area contributed by atoms with E-state index in [-0.39, 0.29) is 6.04 Å². The Bertz CT molecular complexity index is 531. The number of rotatable bonds is 6. The first-order valence-electron chi connectivity index (χ1n) is 6.53. The van der Waals surface area contributed by atoms with E-state index >= 15 is 0 Å².